The highest BCUT2D eigenvalue weighted by Crippen LogP contribution is 2.27. The van der Waals surface area contributed by atoms with Gasteiger partial charge in [0.1, 0.15) is 4.90 Å². The Labute approximate surface area is 110 Å². The van der Waals surface area contributed by atoms with Crippen LogP contribution in [0.5, 0.6) is 0 Å². The summed E-state index contributed by atoms with van der Waals surface area (Å²) in [5.41, 5.74) is 0.213. The van der Waals surface area contributed by atoms with E-state index in [2.05, 4.69) is 15.0 Å². The molecular formula is C11H13N3O4S. The molecule has 0 fully saturated rings. The zero-order valence-corrected chi connectivity index (χ0v) is 11.2. The Balaban J connectivity index is 2.48. The summed E-state index contributed by atoms with van der Waals surface area (Å²) in [6, 6.07) is 3.73. The molecule has 1 heterocycles. The molecule has 1 aromatic rings. The quantitative estimate of drug-likeness (QED) is 0.742. The fourth-order valence-corrected chi connectivity index (χ4v) is 2.71. The molecule has 0 bridgehead atoms. The minimum atomic E-state index is -3.81. The molecule has 1 aliphatic heterocycles. The van der Waals surface area contributed by atoms with E-state index in [0.29, 0.717) is 0 Å². The summed E-state index contributed by atoms with van der Waals surface area (Å²) in [6.07, 6.45) is 0. The number of fused-ring (bicyclic) bond motifs is 1. The number of guanidine groups is 1. The van der Waals surface area contributed by atoms with E-state index in [1.165, 1.54) is 18.2 Å². The third-order valence-electron chi connectivity index (χ3n) is 2.39. The molecule has 0 radical (unpaired) electrons. The molecule has 0 unspecified atom stereocenters. The smallest absolute Gasteiger partial charge is 0.335 e. The van der Waals surface area contributed by atoms with Gasteiger partial charge in [0.2, 0.25) is 5.96 Å². The highest BCUT2D eigenvalue weighted by molar-refractivity contribution is 7.90. The highest BCUT2D eigenvalue weighted by Gasteiger charge is 2.26. The number of carboxylic acid groups (broad SMARTS) is 1. The lowest BCUT2D eigenvalue weighted by Gasteiger charge is -2.20. The number of sulfonamides is 1. The van der Waals surface area contributed by atoms with Gasteiger partial charge in [-0.05, 0) is 32.0 Å². The Kier molecular flexibility index (Phi) is 3.19. The summed E-state index contributed by atoms with van der Waals surface area (Å²) in [7, 11) is -3.81. The zero-order chi connectivity index (χ0) is 14.2. The van der Waals surface area contributed by atoms with Crippen molar-refractivity contribution in [3.63, 3.8) is 0 Å². The first-order chi connectivity index (χ1) is 8.79. The summed E-state index contributed by atoms with van der Waals surface area (Å²) in [5, 5.41) is 14.5. The Morgan fingerprint density at radius 2 is 2.11 bits per heavy atom. The number of rotatable bonds is 2. The first-order valence-electron chi connectivity index (χ1n) is 5.55. The standard InChI is InChI=1S/C11H13N3O4S/c1-6(2)12-11-13-8-5-7(10(15)16)3-4-9(8)19(17,18)14-11/h3-6H,1-2H3,(H,15,16)(H2,12,13,14). The van der Waals surface area contributed by atoms with Crippen LogP contribution in [0.15, 0.2) is 27.5 Å². The van der Waals surface area contributed by atoms with Crippen LogP contribution < -0.4 is 10.6 Å². The number of hydrogen-bond acceptors (Lipinski definition) is 5. The Bertz CT molecular complexity index is 665. The van der Waals surface area contributed by atoms with Crippen LogP contribution in [0, 0.1) is 0 Å². The number of carboxylic acids is 1. The first kappa shape index (κ1) is 13.3. The molecule has 7 nitrogen and oxygen atoms in total. The van der Waals surface area contributed by atoms with Crippen molar-refractivity contribution in [2.24, 2.45) is 4.40 Å². The van der Waals surface area contributed by atoms with E-state index in [1.807, 2.05) is 13.8 Å². The van der Waals surface area contributed by atoms with Crippen LogP contribution in [0.2, 0.25) is 0 Å². The predicted octanol–water partition coefficient (Wildman–Crippen LogP) is 0.853. The number of nitrogens with one attached hydrogen (secondary N) is 2. The summed E-state index contributed by atoms with van der Waals surface area (Å²) >= 11 is 0. The van der Waals surface area contributed by atoms with Crippen LogP contribution >= 0.6 is 0 Å². The van der Waals surface area contributed by atoms with Gasteiger partial charge >= 0.3 is 5.97 Å². The number of benzene rings is 1. The van der Waals surface area contributed by atoms with E-state index < -0.39 is 16.0 Å². The molecule has 0 aromatic heterocycles. The minimum absolute atomic E-state index is 0.00671. The molecule has 102 valence electrons. The van der Waals surface area contributed by atoms with Crippen molar-refractivity contribution in [3.8, 4) is 0 Å². The van der Waals surface area contributed by atoms with Gasteiger partial charge in [0.15, 0.2) is 0 Å². The van der Waals surface area contributed by atoms with Crippen molar-refractivity contribution < 1.29 is 18.3 Å². The van der Waals surface area contributed by atoms with Crippen molar-refractivity contribution in [1.29, 1.82) is 0 Å². The molecule has 0 atom stereocenters. The summed E-state index contributed by atoms with van der Waals surface area (Å²) in [6.45, 7) is 3.67. The normalized spacial score (nSPS) is 16.3. The number of carbonyl (C=O) groups is 1. The van der Waals surface area contributed by atoms with E-state index in [4.69, 9.17) is 5.11 Å². The van der Waals surface area contributed by atoms with Crippen molar-refractivity contribution in [2.75, 3.05) is 5.32 Å². The average molecular weight is 283 g/mol. The average Bonchev–Trinajstić information content (AvgIpc) is 2.26. The molecule has 0 spiro atoms. The second-order valence-electron chi connectivity index (χ2n) is 4.36. The van der Waals surface area contributed by atoms with Crippen LogP contribution in [0.25, 0.3) is 0 Å². The summed E-state index contributed by atoms with van der Waals surface area (Å²) < 4.78 is 27.5. The van der Waals surface area contributed by atoms with Crippen LogP contribution in [0.1, 0.15) is 24.2 Å². The van der Waals surface area contributed by atoms with Crippen molar-refractivity contribution in [2.45, 2.75) is 24.8 Å². The van der Waals surface area contributed by atoms with Crippen LogP contribution in [-0.2, 0) is 10.0 Å². The molecule has 3 N–H and O–H groups in total. The summed E-state index contributed by atoms with van der Waals surface area (Å²) in [5.74, 6) is -1.03. The topological polar surface area (TPSA) is 108 Å². The Hall–Kier alpha value is -2.09. The maximum atomic E-state index is 11.9. The van der Waals surface area contributed by atoms with E-state index in [9.17, 15) is 13.2 Å². The van der Waals surface area contributed by atoms with E-state index in [-0.39, 0.29) is 28.1 Å². The molecule has 19 heavy (non-hydrogen) atoms. The van der Waals surface area contributed by atoms with Crippen LogP contribution in [-0.4, -0.2) is 31.5 Å². The molecule has 0 saturated heterocycles. The lowest BCUT2D eigenvalue weighted by atomic mass is 10.2. The van der Waals surface area contributed by atoms with Crippen LogP contribution in [0.4, 0.5) is 5.69 Å². The third kappa shape index (κ3) is 2.68. The molecule has 2 rings (SSSR count). The van der Waals surface area contributed by atoms with Gasteiger partial charge in [-0.1, -0.05) is 0 Å². The maximum Gasteiger partial charge on any atom is 0.335 e. The van der Waals surface area contributed by atoms with Gasteiger partial charge in [-0.15, -0.1) is 4.40 Å². The minimum Gasteiger partial charge on any atom is -0.478 e. The Morgan fingerprint density at radius 1 is 1.42 bits per heavy atom. The second-order valence-corrected chi connectivity index (χ2v) is 5.93. The van der Waals surface area contributed by atoms with E-state index in [1.54, 1.807) is 0 Å². The second kappa shape index (κ2) is 4.54. The van der Waals surface area contributed by atoms with Gasteiger partial charge in [0.05, 0.1) is 11.3 Å². The maximum absolute atomic E-state index is 11.9. The lowest BCUT2D eigenvalue weighted by Crippen LogP contribution is -2.38. The number of nitrogens with zero attached hydrogens (tertiary/aromatic N) is 1. The fraction of sp³-hybridized carbons (Fsp3) is 0.273. The van der Waals surface area contributed by atoms with Gasteiger partial charge in [-0.25, -0.2) is 4.79 Å². The van der Waals surface area contributed by atoms with Crippen molar-refractivity contribution in [3.05, 3.63) is 23.8 Å². The first-order valence-corrected chi connectivity index (χ1v) is 6.99. The highest BCUT2D eigenvalue weighted by atomic mass is 32.2. The van der Waals surface area contributed by atoms with Gasteiger partial charge < -0.3 is 15.7 Å². The zero-order valence-electron chi connectivity index (χ0n) is 10.3. The summed E-state index contributed by atoms with van der Waals surface area (Å²) in [4.78, 5) is 10.8. The SMILES string of the molecule is CC(C)NC1=NS(=O)(=O)c2ccc(C(=O)O)cc2N1. The van der Waals surface area contributed by atoms with Crippen molar-refractivity contribution >= 4 is 27.6 Å². The number of aromatic carboxylic acids is 1. The predicted molar refractivity (Wildman–Crippen MR) is 69.9 cm³/mol. The molecule has 1 aliphatic rings. The molecule has 0 saturated carbocycles. The number of anilines is 1. The van der Waals surface area contributed by atoms with Crippen molar-refractivity contribution in [1.82, 2.24) is 5.32 Å². The molecule has 0 aliphatic carbocycles. The monoisotopic (exact) mass is 283 g/mol. The Morgan fingerprint density at radius 3 is 2.68 bits per heavy atom. The van der Waals surface area contributed by atoms with Gasteiger partial charge in [-0.2, -0.15) is 8.42 Å². The molecule has 8 heteroatoms. The number of hydrogen-bond donors (Lipinski definition) is 3. The lowest BCUT2D eigenvalue weighted by molar-refractivity contribution is 0.0697. The third-order valence-corrected chi connectivity index (χ3v) is 3.73. The van der Waals surface area contributed by atoms with E-state index >= 15 is 0 Å². The van der Waals surface area contributed by atoms with Crippen LogP contribution in [0.3, 0.4) is 0 Å². The molecular weight excluding hydrogens is 270 g/mol. The fourth-order valence-electron chi connectivity index (χ4n) is 1.64. The largest absolute Gasteiger partial charge is 0.478 e. The molecule has 1 aromatic carbocycles. The molecule has 0 amide bonds. The van der Waals surface area contributed by atoms with Gasteiger partial charge in [-0.3, -0.25) is 0 Å². The van der Waals surface area contributed by atoms with E-state index in [0.717, 1.165) is 0 Å². The van der Waals surface area contributed by atoms with Gasteiger partial charge in [0, 0.05) is 6.04 Å². The van der Waals surface area contributed by atoms with Gasteiger partial charge in [0.25, 0.3) is 10.0 Å².